The lowest BCUT2D eigenvalue weighted by Crippen LogP contribution is -2.47. The Morgan fingerprint density at radius 2 is 2.00 bits per heavy atom. The van der Waals surface area contributed by atoms with Gasteiger partial charge in [-0.2, -0.15) is 0 Å². The van der Waals surface area contributed by atoms with Gasteiger partial charge in [-0.3, -0.25) is 0 Å². The number of hydrogen-bond acceptors (Lipinski definition) is 2. The van der Waals surface area contributed by atoms with Crippen molar-refractivity contribution in [2.45, 2.75) is 44.1 Å². The van der Waals surface area contributed by atoms with Crippen molar-refractivity contribution < 1.29 is 0 Å². The van der Waals surface area contributed by atoms with Crippen molar-refractivity contribution in [1.82, 2.24) is 0 Å². The van der Waals surface area contributed by atoms with Gasteiger partial charge >= 0.3 is 0 Å². The van der Waals surface area contributed by atoms with E-state index in [0.717, 1.165) is 6.54 Å². The standard InChI is InChI=1S/C15H22N2/c1-14(2,16)10-17-11-15(8-5-9-15)12-6-3-4-7-13(12)17/h3-4,6-7H,5,8-11,16H2,1-2H3. The Kier molecular flexibility index (Phi) is 2.27. The molecule has 0 unspecified atom stereocenters. The Balaban J connectivity index is 1.95. The number of benzene rings is 1. The largest absolute Gasteiger partial charge is 0.369 e. The van der Waals surface area contributed by atoms with E-state index in [1.54, 1.807) is 5.56 Å². The first-order valence-corrected chi connectivity index (χ1v) is 6.64. The van der Waals surface area contributed by atoms with Gasteiger partial charge in [-0.1, -0.05) is 24.6 Å². The minimum Gasteiger partial charge on any atom is -0.369 e. The Labute approximate surface area is 104 Å². The molecule has 1 spiro atoms. The van der Waals surface area contributed by atoms with Crippen molar-refractivity contribution in [2.75, 3.05) is 18.0 Å². The van der Waals surface area contributed by atoms with Gasteiger partial charge < -0.3 is 10.6 Å². The zero-order valence-electron chi connectivity index (χ0n) is 10.9. The van der Waals surface area contributed by atoms with Crippen LogP contribution in [0.25, 0.3) is 0 Å². The van der Waals surface area contributed by atoms with Gasteiger partial charge in [0.05, 0.1) is 0 Å². The number of fused-ring (bicyclic) bond motifs is 2. The molecule has 0 aromatic heterocycles. The molecule has 0 amide bonds. The monoisotopic (exact) mass is 230 g/mol. The zero-order valence-corrected chi connectivity index (χ0v) is 10.9. The minimum absolute atomic E-state index is 0.123. The maximum Gasteiger partial charge on any atom is 0.0406 e. The zero-order chi connectivity index (χ0) is 12.1. The van der Waals surface area contributed by atoms with Crippen LogP contribution in [-0.4, -0.2) is 18.6 Å². The number of hydrogen-bond donors (Lipinski definition) is 1. The third kappa shape index (κ3) is 1.75. The quantitative estimate of drug-likeness (QED) is 0.846. The number of anilines is 1. The molecule has 0 atom stereocenters. The maximum absolute atomic E-state index is 6.18. The molecular weight excluding hydrogens is 208 g/mol. The van der Waals surface area contributed by atoms with E-state index in [2.05, 4.69) is 43.0 Å². The van der Waals surface area contributed by atoms with Crippen molar-refractivity contribution in [3.8, 4) is 0 Å². The number of nitrogens with two attached hydrogens (primary N) is 1. The molecule has 1 saturated carbocycles. The van der Waals surface area contributed by atoms with Crippen LogP contribution in [0.15, 0.2) is 24.3 Å². The van der Waals surface area contributed by atoms with Gasteiger partial charge in [-0.05, 0) is 38.3 Å². The summed E-state index contributed by atoms with van der Waals surface area (Å²) >= 11 is 0. The smallest absolute Gasteiger partial charge is 0.0406 e. The first-order chi connectivity index (χ1) is 8.00. The molecule has 2 nitrogen and oxygen atoms in total. The van der Waals surface area contributed by atoms with Crippen LogP contribution in [-0.2, 0) is 5.41 Å². The topological polar surface area (TPSA) is 29.3 Å². The van der Waals surface area contributed by atoms with Crippen LogP contribution < -0.4 is 10.6 Å². The Bertz CT molecular complexity index is 427. The van der Waals surface area contributed by atoms with Gasteiger partial charge in [0, 0.05) is 29.7 Å². The van der Waals surface area contributed by atoms with E-state index in [9.17, 15) is 0 Å². The van der Waals surface area contributed by atoms with Crippen molar-refractivity contribution >= 4 is 5.69 Å². The van der Waals surface area contributed by atoms with Gasteiger partial charge in [0.25, 0.3) is 0 Å². The van der Waals surface area contributed by atoms with Gasteiger partial charge in [0.15, 0.2) is 0 Å². The van der Waals surface area contributed by atoms with Crippen LogP contribution in [0.4, 0.5) is 5.69 Å². The van der Waals surface area contributed by atoms with Crippen LogP contribution in [0, 0.1) is 0 Å². The molecular formula is C15H22N2. The van der Waals surface area contributed by atoms with Crippen LogP contribution in [0.1, 0.15) is 38.7 Å². The average molecular weight is 230 g/mol. The molecule has 0 saturated heterocycles. The molecule has 1 aromatic rings. The molecule has 92 valence electrons. The molecule has 2 aliphatic rings. The van der Waals surface area contributed by atoms with Crippen molar-refractivity contribution in [3.63, 3.8) is 0 Å². The lowest BCUT2D eigenvalue weighted by molar-refractivity contribution is 0.261. The maximum atomic E-state index is 6.18. The third-order valence-electron chi connectivity index (χ3n) is 4.22. The summed E-state index contributed by atoms with van der Waals surface area (Å²) in [7, 11) is 0. The van der Waals surface area contributed by atoms with Crippen molar-refractivity contribution in [3.05, 3.63) is 29.8 Å². The average Bonchev–Trinajstić information content (AvgIpc) is 2.51. The highest BCUT2D eigenvalue weighted by molar-refractivity contribution is 5.63. The molecule has 1 heterocycles. The molecule has 3 rings (SSSR count). The highest BCUT2D eigenvalue weighted by Gasteiger charge is 2.47. The fourth-order valence-electron chi connectivity index (χ4n) is 3.40. The first kappa shape index (κ1) is 11.1. The second-order valence-corrected chi connectivity index (χ2v) is 6.50. The van der Waals surface area contributed by atoms with Crippen LogP contribution in [0.2, 0.25) is 0 Å². The summed E-state index contributed by atoms with van der Waals surface area (Å²) < 4.78 is 0. The predicted octanol–water partition coefficient (Wildman–Crippen LogP) is 2.67. The molecule has 17 heavy (non-hydrogen) atoms. The summed E-state index contributed by atoms with van der Waals surface area (Å²) in [5.41, 5.74) is 9.50. The molecule has 1 aliphatic heterocycles. The summed E-state index contributed by atoms with van der Waals surface area (Å²) in [5.74, 6) is 0. The van der Waals surface area contributed by atoms with Crippen molar-refractivity contribution in [2.24, 2.45) is 5.73 Å². The highest BCUT2D eigenvalue weighted by atomic mass is 15.2. The molecule has 1 aliphatic carbocycles. The van der Waals surface area contributed by atoms with E-state index < -0.39 is 0 Å². The minimum atomic E-state index is -0.123. The number of nitrogens with zero attached hydrogens (tertiary/aromatic N) is 1. The van der Waals surface area contributed by atoms with Crippen LogP contribution in [0.3, 0.4) is 0 Å². The fraction of sp³-hybridized carbons (Fsp3) is 0.600. The summed E-state index contributed by atoms with van der Waals surface area (Å²) in [6.45, 7) is 6.35. The second-order valence-electron chi connectivity index (χ2n) is 6.50. The summed E-state index contributed by atoms with van der Waals surface area (Å²) in [4.78, 5) is 2.49. The van der Waals surface area contributed by atoms with Crippen LogP contribution in [0.5, 0.6) is 0 Å². The SMILES string of the molecule is CC(C)(N)CN1CC2(CCC2)c2ccccc21. The van der Waals surface area contributed by atoms with Gasteiger partial charge in [-0.15, -0.1) is 0 Å². The predicted molar refractivity (Wildman–Crippen MR) is 72.5 cm³/mol. The normalized spacial score (nSPS) is 21.5. The molecule has 2 N–H and O–H groups in total. The highest BCUT2D eigenvalue weighted by Crippen LogP contribution is 2.52. The van der Waals surface area contributed by atoms with E-state index >= 15 is 0 Å². The molecule has 2 heteroatoms. The molecule has 1 aromatic carbocycles. The number of para-hydroxylation sites is 1. The lowest BCUT2D eigenvalue weighted by atomic mass is 9.66. The molecule has 0 radical (unpaired) electrons. The summed E-state index contributed by atoms with van der Waals surface area (Å²) in [5, 5.41) is 0. The Hall–Kier alpha value is -1.02. The summed E-state index contributed by atoms with van der Waals surface area (Å²) in [6.07, 6.45) is 4.09. The number of rotatable bonds is 2. The molecule has 0 bridgehead atoms. The van der Waals surface area contributed by atoms with Gasteiger partial charge in [0.1, 0.15) is 0 Å². The Morgan fingerprint density at radius 3 is 2.59 bits per heavy atom. The Morgan fingerprint density at radius 1 is 1.29 bits per heavy atom. The molecule has 1 fully saturated rings. The van der Waals surface area contributed by atoms with E-state index in [1.807, 2.05) is 0 Å². The lowest BCUT2D eigenvalue weighted by Gasteiger charge is -2.39. The van der Waals surface area contributed by atoms with Gasteiger partial charge in [-0.25, -0.2) is 0 Å². The fourth-order valence-corrected chi connectivity index (χ4v) is 3.40. The first-order valence-electron chi connectivity index (χ1n) is 6.64. The van der Waals surface area contributed by atoms with E-state index in [1.165, 1.54) is 31.5 Å². The third-order valence-corrected chi connectivity index (χ3v) is 4.22. The van der Waals surface area contributed by atoms with Gasteiger partial charge in [0.2, 0.25) is 0 Å². The van der Waals surface area contributed by atoms with Crippen molar-refractivity contribution in [1.29, 1.82) is 0 Å². The van der Waals surface area contributed by atoms with E-state index in [-0.39, 0.29) is 5.54 Å². The summed E-state index contributed by atoms with van der Waals surface area (Å²) in [6, 6.07) is 8.90. The van der Waals surface area contributed by atoms with E-state index in [0.29, 0.717) is 5.41 Å². The second kappa shape index (κ2) is 3.49. The van der Waals surface area contributed by atoms with E-state index in [4.69, 9.17) is 5.73 Å². The van der Waals surface area contributed by atoms with Crippen LogP contribution >= 0.6 is 0 Å².